The van der Waals surface area contributed by atoms with Crippen LogP contribution in [-0.2, 0) is 9.59 Å². The van der Waals surface area contributed by atoms with Crippen molar-refractivity contribution in [3.8, 4) is 0 Å². The van der Waals surface area contributed by atoms with Crippen molar-refractivity contribution in [2.24, 2.45) is 5.92 Å². The maximum absolute atomic E-state index is 13.8. The van der Waals surface area contributed by atoms with Gasteiger partial charge in [0.1, 0.15) is 17.7 Å². The molecule has 2 rings (SSSR count). The largest absolute Gasteiger partial charge is 0.480 e. The van der Waals surface area contributed by atoms with E-state index in [-0.39, 0.29) is 24.6 Å². The maximum atomic E-state index is 13.8. The van der Waals surface area contributed by atoms with Crippen molar-refractivity contribution in [2.45, 2.75) is 45.1 Å². The number of unbranched alkanes of at least 4 members (excludes halogenated alkanes) is 1. The summed E-state index contributed by atoms with van der Waals surface area (Å²) in [7, 11) is 0. The Morgan fingerprint density at radius 1 is 1.26 bits per heavy atom. The molecule has 1 saturated heterocycles. The van der Waals surface area contributed by atoms with Crippen LogP contribution in [0.3, 0.4) is 0 Å². The van der Waals surface area contributed by atoms with Gasteiger partial charge in [-0.05, 0) is 31.4 Å². The van der Waals surface area contributed by atoms with E-state index in [0.29, 0.717) is 31.7 Å². The molecule has 1 heterocycles. The summed E-state index contributed by atoms with van der Waals surface area (Å²) in [5, 5.41) is 11.8. The van der Waals surface area contributed by atoms with Gasteiger partial charge in [-0.3, -0.25) is 9.59 Å². The van der Waals surface area contributed by atoms with Gasteiger partial charge in [0.25, 0.3) is 5.91 Å². The second kappa shape index (κ2) is 9.43. The number of hydrogen-bond acceptors (Lipinski definition) is 3. The van der Waals surface area contributed by atoms with Crippen LogP contribution in [0, 0.1) is 17.6 Å². The van der Waals surface area contributed by atoms with Crippen LogP contribution in [0.1, 0.15) is 49.4 Å². The fourth-order valence-electron chi connectivity index (χ4n) is 3.13. The van der Waals surface area contributed by atoms with Crippen LogP contribution in [0.2, 0.25) is 0 Å². The van der Waals surface area contributed by atoms with Crippen molar-refractivity contribution in [3.05, 3.63) is 35.4 Å². The number of benzene rings is 1. The number of carboxylic acids is 1. The molecular formula is C19H24F2N2O4. The highest BCUT2D eigenvalue weighted by atomic mass is 19.1. The molecule has 0 radical (unpaired) electrons. The fourth-order valence-corrected chi connectivity index (χ4v) is 3.13. The van der Waals surface area contributed by atoms with Gasteiger partial charge < -0.3 is 15.3 Å². The van der Waals surface area contributed by atoms with Crippen molar-refractivity contribution in [1.82, 2.24) is 10.2 Å². The number of piperidine rings is 1. The predicted molar refractivity (Wildman–Crippen MR) is 94.1 cm³/mol. The van der Waals surface area contributed by atoms with E-state index in [0.717, 1.165) is 18.6 Å². The van der Waals surface area contributed by atoms with Gasteiger partial charge in [0, 0.05) is 25.1 Å². The highest BCUT2D eigenvalue weighted by molar-refractivity contribution is 5.94. The molecule has 27 heavy (non-hydrogen) atoms. The number of carbonyl (C=O) groups excluding carboxylic acids is 2. The molecule has 1 aliphatic rings. The zero-order valence-electron chi connectivity index (χ0n) is 15.2. The van der Waals surface area contributed by atoms with Crippen molar-refractivity contribution in [3.63, 3.8) is 0 Å². The van der Waals surface area contributed by atoms with E-state index in [1.165, 1.54) is 4.90 Å². The lowest BCUT2D eigenvalue weighted by Crippen LogP contribution is -2.47. The van der Waals surface area contributed by atoms with Crippen molar-refractivity contribution >= 4 is 17.8 Å². The lowest BCUT2D eigenvalue weighted by Gasteiger charge is -2.32. The third-order valence-corrected chi connectivity index (χ3v) is 4.78. The first-order chi connectivity index (χ1) is 12.8. The quantitative estimate of drug-likeness (QED) is 0.759. The van der Waals surface area contributed by atoms with E-state index in [1.54, 1.807) is 0 Å². The van der Waals surface area contributed by atoms with Gasteiger partial charge in [-0.1, -0.05) is 19.8 Å². The van der Waals surface area contributed by atoms with Gasteiger partial charge in [-0.25, -0.2) is 13.6 Å². The molecule has 6 nitrogen and oxygen atoms in total. The second-order valence-corrected chi connectivity index (χ2v) is 6.73. The summed E-state index contributed by atoms with van der Waals surface area (Å²) in [5.41, 5.74) is -0.204. The lowest BCUT2D eigenvalue weighted by atomic mass is 9.94. The first-order valence-corrected chi connectivity index (χ1v) is 9.11. The normalized spacial score (nSPS) is 16.0. The number of amides is 2. The highest BCUT2D eigenvalue weighted by Gasteiger charge is 2.30. The average molecular weight is 382 g/mol. The van der Waals surface area contributed by atoms with Crippen molar-refractivity contribution < 1.29 is 28.3 Å². The standard InChI is InChI=1S/C19H24F2N2O4/c1-2-3-4-16(19(26)27)22-17(24)12-7-9-23(10-8-12)18(25)14-6-5-13(20)11-15(14)21/h5-6,11-12,16H,2-4,7-10H2,1H3,(H,22,24)(H,26,27)/t16-/m0/s1. The van der Waals surface area contributed by atoms with Gasteiger partial charge in [0.05, 0.1) is 5.56 Å². The number of aliphatic carboxylic acids is 1. The number of hydrogen-bond donors (Lipinski definition) is 2. The van der Waals surface area contributed by atoms with Gasteiger partial charge >= 0.3 is 5.97 Å². The Hall–Kier alpha value is -2.51. The fraction of sp³-hybridized carbons (Fsp3) is 0.526. The first-order valence-electron chi connectivity index (χ1n) is 9.11. The van der Waals surface area contributed by atoms with Crippen LogP contribution >= 0.6 is 0 Å². The number of carbonyl (C=O) groups is 3. The molecular weight excluding hydrogens is 358 g/mol. The van der Waals surface area contributed by atoms with Gasteiger partial charge in [0.15, 0.2) is 0 Å². The number of carboxylic acid groups (broad SMARTS) is 1. The summed E-state index contributed by atoms with van der Waals surface area (Å²) in [5.74, 6) is -4.00. The van der Waals surface area contributed by atoms with Gasteiger partial charge in [-0.2, -0.15) is 0 Å². The highest BCUT2D eigenvalue weighted by Crippen LogP contribution is 2.21. The van der Waals surface area contributed by atoms with Crippen LogP contribution in [0.4, 0.5) is 8.78 Å². The topological polar surface area (TPSA) is 86.7 Å². The molecule has 1 atom stereocenters. The van der Waals surface area contributed by atoms with Gasteiger partial charge in [-0.15, -0.1) is 0 Å². The number of halogens is 2. The first kappa shape index (κ1) is 20.8. The summed E-state index contributed by atoms with van der Waals surface area (Å²) in [6.45, 7) is 2.44. The number of nitrogens with one attached hydrogen (secondary N) is 1. The summed E-state index contributed by atoms with van der Waals surface area (Å²) in [6, 6.07) is 1.89. The smallest absolute Gasteiger partial charge is 0.326 e. The zero-order valence-corrected chi connectivity index (χ0v) is 15.2. The van der Waals surface area contributed by atoms with Crippen LogP contribution < -0.4 is 5.32 Å². The molecule has 0 unspecified atom stereocenters. The van der Waals surface area contributed by atoms with Gasteiger partial charge in [0.2, 0.25) is 5.91 Å². The predicted octanol–water partition coefficient (Wildman–Crippen LogP) is 2.58. The second-order valence-electron chi connectivity index (χ2n) is 6.73. The minimum Gasteiger partial charge on any atom is -0.480 e. The van der Waals surface area contributed by atoms with Crippen LogP contribution in [-0.4, -0.2) is 46.9 Å². The SMILES string of the molecule is CCCC[C@H](NC(=O)C1CCN(C(=O)c2ccc(F)cc2F)CC1)C(=O)O. The minimum absolute atomic E-state index is 0.204. The molecule has 8 heteroatoms. The molecule has 2 amide bonds. The molecule has 0 spiro atoms. The Morgan fingerprint density at radius 2 is 1.93 bits per heavy atom. The monoisotopic (exact) mass is 382 g/mol. The van der Waals surface area contributed by atoms with E-state index in [2.05, 4.69) is 5.32 Å². The Morgan fingerprint density at radius 3 is 2.48 bits per heavy atom. The number of nitrogens with zero attached hydrogens (tertiary/aromatic N) is 1. The number of rotatable bonds is 7. The molecule has 1 aromatic carbocycles. The Balaban J connectivity index is 1.91. The summed E-state index contributed by atoms with van der Waals surface area (Å²) < 4.78 is 26.8. The van der Waals surface area contributed by atoms with E-state index in [4.69, 9.17) is 0 Å². The molecule has 1 aliphatic heterocycles. The molecule has 1 aromatic rings. The third-order valence-electron chi connectivity index (χ3n) is 4.78. The van der Waals surface area contributed by atoms with E-state index >= 15 is 0 Å². The van der Waals surface area contributed by atoms with Crippen LogP contribution in [0.5, 0.6) is 0 Å². The zero-order chi connectivity index (χ0) is 20.0. The van der Waals surface area contributed by atoms with E-state index in [1.807, 2.05) is 6.92 Å². The average Bonchev–Trinajstić information content (AvgIpc) is 2.64. The molecule has 1 fully saturated rings. The molecule has 2 N–H and O–H groups in total. The summed E-state index contributed by atoms with van der Waals surface area (Å²) in [6.07, 6.45) is 2.63. The molecule has 148 valence electrons. The van der Waals surface area contributed by atoms with Crippen LogP contribution in [0.15, 0.2) is 18.2 Å². The summed E-state index contributed by atoms with van der Waals surface area (Å²) in [4.78, 5) is 37.4. The lowest BCUT2D eigenvalue weighted by molar-refractivity contribution is -0.143. The molecule has 0 aliphatic carbocycles. The van der Waals surface area contributed by atoms with E-state index in [9.17, 15) is 28.3 Å². The Labute approximate surface area is 156 Å². The Bertz CT molecular complexity index is 703. The molecule has 0 aromatic heterocycles. The van der Waals surface area contributed by atoms with E-state index < -0.39 is 35.5 Å². The molecule has 0 saturated carbocycles. The summed E-state index contributed by atoms with van der Waals surface area (Å²) >= 11 is 0. The maximum Gasteiger partial charge on any atom is 0.326 e. The minimum atomic E-state index is -1.06. The van der Waals surface area contributed by atoms with Crippen molar-refractivity contribution in [1.29, 1.82) is 0 Å². The van der Waals surface area contributed by atoms with Crippen LogP contribution in [0.25, 0.3) is 0 Å². The third kappa shape index (κ3) is 5.48. The number of likely N-dealkylation sites (tertiary alicyclic amines) is 1. The van der Waals surface area contributed by atoms with Crippen molar-refractivity contribution in [2.75, 3.05) is 13.1 Å². The Kier molecular flexibility index (Phi) is 7.27. The molecule has 0 bridgehead atoms.